The monoisotopic (exact) mass is 201 g/mol. The molecule has 0 spiro atoms. The Bertz CT molecular complexity index is 180. The molecule has 0 bridgehead atoms. The van der Waals surface area contributed by atoms with Crippen molar-refractivity contribution >= 4 is 11.9 Å². The third kappa shape index (κ3) is 9.03. The maximum absolute atomic E-state index is 11.0. The normalized spacial score (nSPS) is 9.57. The van der Waals surface area contributed by atoms with E-state index in [1.54, 1.807) is 0 Å². The fourth-order valence-electron chi connectivity index (χ4n) is 1.07. The number of rotatable bonds is 6. The lowest BCUT2D eigenvalue weighted by molar-refractivity contribution is -0.156. The average molecular weight is 201 g/mol. The van der Waals surface area contributed by atoms with Gasteiger partial charge in [0, 0.05) is 13.3 Å². The fraction of sp³-hybridized carbons (Fsp3) is 0.800. The van der Waals surface area contributed by atoms with E-state index < -0.39 is 5.97 Å². The standard InChI is InChI=1S/C10H19NO3/c1-3-4-5-6-7-8-10(13)11-14-9(2)12/h3-8H2,1-2H3,(H,11,13). The van der Waals surface area contributed by atoms with Gasteiger partial charge in [0.25, 0.3) is 5.91 Å². The zero-order chi connectivity index (χ0) is 10.8. The maximum atomic E-state index is 11.0. The second-order valence-electron chi connectivity index (χ2n) is 3.28. The number of hydroxylamine groups is 1. The number of nitrogens with one attached hydrogen (secondary N) is 1. The summed E-state index contributed by atoms with van der Waals surface area (Å²) in [5.74, 6) is -0.721. The molecule has 0 rings (SSSR count). The molecular formula is C10H19NO3. The van der Waals surface area contributed by atoms with Crippen LogP contribution in [0.15, 0.2) is 0 Å². The van der Waals surface area contributed by atoms with Crippen molar-refractivity contribution in [1.29, 1.82) is 0 Å². The maximum Gasteiger partial charge on any atom is 0.329 e. The highest BCUT2D eigenvalue weighted by Crippen LogP contribution is 2.04. The lowest BCUT2D eigenvalue weighted by Gasteiger charge is -2.02. The number of hydrogen-bond donors (Lipinski definition) is 1. The second kappa shape index (κ2) is 8.53. The average Bonchev–Trinajstić information content (AvgIpc) is 2.14. The third-order valence-corrected chi connectivity index (χ3v) is 1.82. The summed E-state index contributed by atoms with van der Waals surface area (Å²) in [5, 5.41) is 0. The topological polar surface area (TPSA) is 55.4 Å². The molecule has 1 amide bonds. The molecule has 0 radical (unpaired) electrons. The van der Waals surface area contributed by atoms with Crippen LogP contribution in [-0.4, -0.2) is 11.9 Å². The summed E-state index contributed by atoms with van der Waals surface area (Å²) in [5.41, 5.74) is 2.08. The molecule has 4 nitrogen and oxygen atoms in total. The summed E-state index contributed by atoms with van der Waals surface area (Å²) in [6.07, 6.45) is 5.91. The van der Waals surface area contributed by atoms with Crippen molar-refractivity contribution in [3.8, 4) is 0 Å². The predicted molar refractivity (Wildman–Crippen MR) is 53.3 cm³/mol. The molecule has 0 atom stereocenters. The molecule has 0 aliphatic heterocycles. The van der Waals surface area contributed by atoms with Gasteiger partial charge in [0.15, 0.2) is 0 Å². The van der Waals surface area contributed by atoms with Crippen LogP contribution in [0.2, 0.25) is 0 Å². The zero-order valence-corrected chi connectivity index (χ0v) is 8.97. The molecule has 0 saturated heterocycles. The molecule has 0 aromatic carbocycles. The largest absolute Gasteiger partial charge is 0.341 e. The molecule has 0 unspecified atom stereocenters. The summed E-state index contributed by atoms with van der Waals surface area (Å²) in [6.45, 7) is 3.40. The summed E-state index contributed by atoms with van der Waals surface area (Å²) < 4.78 is 0. The van der Waals surface area contributed by atoms with Gasteiger partial charge >= 0.3 is 5.97 Å². The highest BCUT2D eigenvalue weighted by molar-refractivity contribution is 5.77. The Labute approximate surface area is 85.0 Å². The van der Waals surface area contributed by atoms with Gasteiger partial charge in [-0.05, 0) is 6.42 Å². The van der Waals surface area contributed by atoms with Crippen molar-refractivity contribution in [3.63, 3.8) is 0 Å². The first kappa shape index (κ1) is 12.9. The van der Waals surface area contributed by atoms with Gasteiger partial charge in [-0.1, -0.05) is 32.6 Å². The van der Waals surface area contributed by atoms with Crippen LogP contribution in [0, 0.1) is 0 Å². The molecule has 4 heteroatoms. The van der Waals surface area contributed by atoms with E-state index in [9.17, 15) is 9.59 Å². The van der Waals surface area contributed by atoms with Crippen LogP contribution < -0.4 is 5.48 Å². The molecule has 1 N–H and O–H groups in total. The van der Waals surface area contributed by atoms with Gasteiger partial charge < -0.3 is 4.84 Å². The van der Waals surface area contributed by atoms with Crippen LogP contribution in [0.4, 0.5) is 0 Å². The molecule has 0 aliphatic rings. The van der Waals surface area contributed by atoms with Crippen molar-refractivity contribution in [2.45, 2.75) is 52.4 Å². The molecule has 0 heterocycles. The first-order valence-electron chi connectivity index (χ1n) is 5.13. The van der Waals surface area contributed by atoms with E-state index in [1.807, 2.05) is 0 Å². The van der Waals surface area contributed by atoms with Gasteiger partial charge in [0.2, 0.25) is 0 Å². The summed E-state index contributed by atoms with van der Waals surface area (Å²) in [4.78, 5) is 25.7. The molecule has 14 heavy (non-hydrogen) atoms. The van der Waals surface area contributed by atoms with Crippen LogP contribution in [-0.2, 0) is 14.4 Å². The fourth-order valence-corrected chi connectivity index (χ4v) is 1.07. The Balaban J connectivity index is 3.22. The number of hydrogen-bond acceptors (Lipinski definition) is 3. The number of carbonyl (C=O) groups excluding carboxylic acids is 2. The Morgan fingerprint density at radius 2 is 1.79 bits per heavy atom. The lowest BCUT2D eigenvalue weighted by Crippen LogP contribution is -2.25. The second-order valence-corrected chi connectivity index (χ2v) is 3.28. The minimum Gasteiger partial charge on any atom is -0.341 e. The third-order valence-electron chi connectivity index (χ3n) is 1.82. The summed E-state index contributed by atoms with van der Waals surface area (Å²) in [7, 11) is 0. The highest BCUT2D eigenvalue weighted by atomic mass is 16.7. The van der Waals surface area contributed by atoms with Gasteiger partial charge in [0.05, 0.1) is 0 Å². The van der Waals surface area contributed by atoms with E-state index in [0.29, 0.717) is 6.42 Å². The molecule has 0 aromatic rings. The van der Waals surface area contributed by atoms with Crippen molar-refractivity contribution < 1.29 is 14.4 Å². The lowest BCUT2D eigenvalue weighted by atomic mass is 10.1. The minimum absolute atomic E-state index is 0.225. The quantitative estimate of drug-likeness (QED) is 0.527. The van der Waals surface area contributed by atoms with E-state index >= 15 is 0 Å². The molecule has 0 aliphatic carbocycles. The zero-order valence-electron chi connectivity index (χ0n) is 8.97. The van der Waals surface area contributed by atoms with Crippen molar-refractivity contribution in [2.24, 2.45) is 0 Å². The van der Waals surface area contributed by atoms with E-state index in [2.05, 4.69) is 17.2 Å². The van der Waals surface area contributed by atoms with E-state index in [0.717, 1.165) is 19.3 Å². The Morgan fingerprint density at radius 1 is 1.14 bits per heavy atom. The van der Waals surface area contributed by atoms with E-state index in [4.69, 9.17) is 0 Å². The first-order chi connectivity index (χ1) is 6.66. The SMILES string of the molecule is CCCCCCCC(=O)NOC(C)=O. The van der Waals surface area contributed by atoms with Crippen molar-refractivity contribution in [2.75, 3.05) is 0 Å². The Morgan fingerprint density at radius 3 is 2.36 bits per heavy atom. The van der Waals surface area contributed by atoms with Crippen LogP contribution in [0.5, 0.6) is 0 Å². The van der Waals surface area contributed by atoms with Gasteiger partial charge in [-0.2, -0.15) is 5.48 Å². The molecule has 0 fully saturated rings. The van der Waals surface area contributed by atoms with Crippen LogP contribution in [0.25, 0.3) is 0 Å². The highest BCUT2D eigenvalue weighted by Gasteiger charge is 2.01. The molecule has 0 aromatic heterocycles. The van der Waals surface area contributed by atoms with Crippen molar-refractivity contribution in [3.05, 3.63) is 0 Å². The first-order valence-corrected chi connectivity index (χ1v) is 5.13. The van der Waals surface area contributed by atoms with Crippen molar-refractivity contribution in [1.82, 2.24) is 5.48 Å². The molecule has 0 saturated carbocycles. The molecule has 82 valence electrons. The molecular weight excluding hydrogens is 182 g/mol. The van der Waals surface area contributed by atoms with E-state index in [1.165, 1.54) is 19.8 Å². The van der Waals surface area contributed by atoms with E-state index in [-0.39, 0.29) is 5.91 Å². The van der Waals surface area contributed by atoms with Gasteiger partial charge in [-0.3, -0.25) is 9.59 Å². The smallest absolute Gasteiger partial charge is 0.329 e. The number of amides is 1. The van der Waals surface area contributed by atoms with Crippen LogP contribution >= 0.6 is 0 Å². The van der Waals surface area contributed by atoms with Gasteiger partial charge in [-0.25, -0.2) is 0 Å². The van der Waals surface area contributed by atoms with Crippen LogP contribution in [0.3, 0.4) is 0 Å². The summed E-state index contributed by atoms with van der Waals surface area (Å²) in [6, 6.07) is 0. The Kier molecular flexibility index (Phi) is 7.89. The van der Waals surface area contributed by atoms with Crippen LogP contribution in [0.1, 0.15) is 52.4 Å². The Hall–Kier alpha value is -1.06. The predicted octanol–water partition coefficient (Wildman–Crippen LogP) is 1.94. The van der Waals surface area contributed by atoms with Gasteiger partial charge in [0.1, 0.15) is 0 Å². The number of carbonyl (C=O) groups is 2. The van der Waals surface area contributed by atoms with Gasteiger partial charge in [-0.15, -0.1) is 0 Å². The minimum atomic E-state index is -0.496. The number of unbranched alkanes of at least 4 members (excludes halogenated alkanes) is 4. The summed E-state index contributed by atoms with van der Waals surface area (Å²) >= 11 is 0.